The SMILES string of the molecule is Cc1cc(NC(=O)c2cc(NC3CCOC3)sc2Cl)ccc1F. The minimum Gasteiger partial charge on any atom is -0.379 e. The number of halogens is 2. The molecule has 2 aromatic rings. The number of hydrogen-bond acceptors (Lipinski definition) is 4. The Bertz CT molecular complexity index is 729. The molecule has 1 aromatic carbocycles. The van der Waals surface area contributed by atoms with Crippen LogP contribution in [0.4, 0.5) is 15.1 Å². The third-order valence-electron chi connectivity index (χ3n) is 3.62. The van der Waals surface area contributed by atoms with E-state index >= 15 is 0 Å². The van der Waals surface area contributed by atoms with Gasteiger partial charge in [-0.1, -0.05) is 11.6 Å². The Morgan fingerprint density at radius 1 is 1.43 bits per heavy atom. The molecule has 7 heteroatoms. The van der Waals surface area contributed by atoms with Crippen LogP contribution in [-0.2, 0) is 4.74 Å². The number of anilines is 2. The van der Waals surface area contributed by atoms with Crippen molar-refractivity contribution in [1.29, 1.82) is 0 Å². The van der Waals surface area contributed by atoms with Crippen LogP contribution in [0.15, 0.2) is 24.3 Å². The van der Waals surface area contributed by atoms with E-state index in [0.717, 1.165) is 18.0 Å². The predicted molar refractivity (Wildman–Crippen MR) is 91.3 cm³/mol. The Labute approximate surface area is 142 Å². The zero-order chi connectivity index (χ0) is 16.4. The van der Waals surface area contributed by atoms with E-state index in [1.165, 1.54) is 23.5 Å². The number of thiophene rings is 1. The second-order valence-electron chi connectivity index (χ2n) is 5.42. The molecule has 0 radical (unpaired) electrons. The first-order valence-corrected chi connectivity index (χ1v) is 8.43. The fraction of sp³-hybridized carbons (Fsp3) is 0.312. The third-order valence-corrected chi connectivity index (χ3v) is 4.91. The first-order chi connectivity index (χ1) is 11.0. The Kier molecular flexibility index (Phi) is 4.84. The number of benzene rings is 1. The molecule has 1 atom stereocenters. The Morgan fingerprint density at radius 2 is 2.26 bits per heavy atom. The molecule has 0 saturated carbocycles. The van der Waals surface area contributed by atoms with Crippen molar-refractivity contribution in [2.45, 2.75) is 19.4 Å². The lowest BCUT2D eigenvalue weighted by atomic mass is 10.2. The van der Waals surface area contributed by atoms with Crippen molar-refractivity contribution in [2.24, 2.45) is 0 Å². The summed E-state index contributed by atoms with van der Waals surface area (Å²) in [7, 11) is 0. The van der Waals surface area contributed by atoms with E-state index in [1.54, 1.807) is 19.1 Å². The van der Waals surface area contributed by atoms with Gasteiger partial charge in [-0.3, -0.25) is 4.79 Å². The number of nitrogens with one attached hydrogen (secondary N) is 2. The molecular formula is C16H16ClFN2O2S. The quantitative estimate of drug-likeness (QED) is 0.860. The summed E-state index contributed by atoms with van der Waals surface area (Å²) in [6.45, 7) is 3.05. The summed E-state index contributed by atoms with van der Waals surface area (Å²) in [6.07, 6.45) is 0.936. The molecule has 2 N–H and O–H groups in total. The molecule has 1 fully saturated rings. The third kappa shape index (κ3) is 3.83. The van der Waals surface area contributed by atoms with Crippen LogP contribution in [-0.4, -0.2) is 25.2 Å². The standard InChI is InChI=1S/C16H16ClFN2O2S/c1-9-6-10(2-3-13(9)18)20-16(21)12-7-14(23-15(12)17)19-11-4-5-22-8-11/h2-3,6-7,11,19H,4-5,8H2,1H3,(H,20,21). The molecule has 1 aliphatic heterocycles. The van der Waals surface area contributed by atoms with Crippen LogP contribution in [0.3, 0.4) is 0 Å². The molecule has 4 nitrogen and oxygen atoms in total. The summed E-state index contributed by atoms with van der Waals surface area (Å²) in [5.74, 6) is -0.616. The van der Waals surface area contributed by atoms with Gasteiger partial charge in [0.15, 0.2) is 0 Å². The van der Waals surface area contributed by atoms with Crippen LogP contribution >= 0.6 is 22.9 Å². The van der Waals surface area contributed by atoms with Crippen LogP contribution in [0.2, 0.25) is 4.34 Å². The summed E-state index contributed by atoms with van der Waals surface area (Å²) in [6, 6.07) is 6.42. The zero-order valence-electron chi connectivity index (χ0n) is 12.5. The fourth-order valence-electron chi connectivity index (χ4n) is 2.37. The Hall–Kier alpha value is -1.63. The minimum absolute atomic E-state index is 0.250. The molecule has 1 amide bonds. The minimum atomic E-state index is -0.312. The van der Waals surface area contributed by atoms with Crippen molar-refractivity contribution in [3.8, 4) is 0 Å². The highest BCUT2D eigenvalue weighted by molar-refractivity contribution is 7.20. The molecule has 0 aliphatic carbocycles. The average Bonchev–Trinajstić information content (AvgIpc) is 3.13. The topological polar surface area (TPSA) is 50.4 Å². The number of aryl methyl sites for hydroxylation is 1. The normalized spacial score (nSPS) is 17.3. The highest BCUT2D eigenvalue weighted by Crippen LogP contribution is 2.33. The molecule has 23 heavy (non-hydrogen) atoms. The van der Waals surface area contributed by atoms with Crippen molar-refractivity contribution in [3.63, 3.8) is 0 Å². The van der Waals surface area contributed by atoms with E-state index in [0.29, 0.717) is 27.8 Å². The van der Waals surface area contributed by atoms with Gasteiger partial charge in [-0.15, -0.1) is 11.3 Å². The number of carbonyl (C=O) groups is 1. The van der Waals surface area contributed by atoms with Gasteiger partial charge in [0.25, 0.3) is 5.91 Å². The van der Waals surface area contributed by atoms with E-state index in [2.05, 4.69) is 10.6 Å². The average molecular weight is 355 g/mol. The number of ether oxygens (including phenoxy) is 1. The van der Waals surface area contributed by atoms with Gasteiger partial charge in [0.05, 0.1) is 23.2 Å². The maximum Gasteiger partial charge on any atom is 0.258 e. The molecule has 1 aromatic heterocycles. The van der Waals surface area contributed by atoms with E-state index in [-0.39, 0.29) is 17.8 Å². The first kappa shape index (κ1) is 16.2. The van der Waals surface area contributed by atoms with Gasteiger partial charge in [0, 0.05) is 12.3 Å². The van der Waals surface area contributed by atoms with E-state index < -0.39 is 0 Å². The van der Waals surface area contributed by atoms with Crippen LogP contribution in [0.5, 0.6) is 0 Å². The van der Waals surface area contributed by atoms with Crippen LogP contribution in [0.25, 0.3) is 0 Å². The van der Waals surface area contributed by atoms with Crippen molar-refractivity contribution >= 4 is 39.5 Å². The van der Waals surface area contributed by atoms with Crippen molar-refractivity contribution < 1.29 is 13.9 Å². The Balaban J connectivity index is 1.71. The summed E-state index contributed by atoms with van der Waals surface area (Å²) < 4.78 is 19.0. The van der Waals surface area contributed by atoms with Crippen molar-refractivity contribution in [1.82, 2.24) is 0 Å². The monoisotopic (exact) mass is 354 g/mol. The van der Waals surface area contributed by atoms with Crippen molar-refractivity contribution in [3.05, 3.63) is 45.5 Å². The highest BCUT2D eigenvalue weighted by Gasteiger charge is 2.19. The molecular weight excluding hydrogens is 339 g/mol. The van der Waals surface area contributed by atoms with Gasteiger partial charge >= 0.3 is 0 Å². The van der Waals surface area contributed by atoms with E-state index in [4.69, 9.17) is 16.3 Å². The van der Waals surface area contributed by atoms with E-state index in [9.17, 15) is 9.18 Å². The molecule has 3 rings (SSSR count). The zero-order valence-corrected chi connectivity index (χ0v) is 14.1. The van der Waals surface area contributed by atoms with Crippen LogP contribution in [0, 0.1) is 12.7 Å². The van der Waals surface area contributed by atoms with Gasteiger partial charge in [0.2, 0.25) is 0 Å². The molecule has 2 heterocycles. The predicted octanol–water partition coefficient (Wildman–Crippen LogP) is 4.30. The lowest BCUT2D eigenvalue weighted by Crippen LogP contribution is -2.18. The van der Waals surface area contributed by atoms with Gasteiger partial charge in [-0.05, 0) is 43.2 Å². The molecule has 1 unspecified atom stereocenters. The number of carbonyl (C=O) groups excluding carboxylic acids is 1. The molecule has 122 valence electrons. The second-order valence-corrected chi connectivity index (χ2v) is 7.08. The molecule has 0 bridgehead atoms. The maximum absolute atomic E-state index is 13.3. The second kappa shape index (κ2) is 6.86. The number of amides is 1. The summed E-state index contributed by atoms with van der Waals surface area (Å²) >= 11 is 7.50. The smallest absolute Gasteiger partial charge is 0.258 e. The molecule has 1 saturated heterocycles. The number of hydrogen-bond donors (Lipinski definition) is 2. The fourth-order valence-corrected chi connectivity index (χ4v) is 3.61. The van der Waals surface area contributed by atoms with Gasteiger partial charge in [0.1, 0.15) is 10.2 Å². The van der Waals surface area contributed by atoms with Gasteiger partial charge < -0.3 is 15.4 Å². The first-order valence-electron chi connectivity index (χ1n) is 7.24. The van der Waals surface area contributed by atoms with E-state index in [1.807, 2.05) is 0 Å². The molecule has 1 aliphatic rings. The summed E-state index contributed by atoms with van der Waals surface area (Å²) in [5.41, 5.74) is 1.41. The van der Waals surface area contributed by atoms with Crippen molar-refractivity contribution in [2.75, 3.05) is 23.8 Å². The highest BCUT2D eigenvalue weighted by atomic mass is 35.5. The van der Waals surface area contributed by atoms with Gasteiger partial charge in [-0.25, -0.2) is 4.39 Å². The largest absolute Gasteiger partial charge is 0.379 e. The Morgan fingerprint density at radius 3 is 2.96 bits per heavy atom. The maximum atomic E-state index is 13.3. The summed E-state index contributed by atoms with van der Waals surface area (Å²) in [4.78, 5) is 12.3. The van der Waals surface area contributed by atoms with Crippen LogP contribution < -0.4 is 10.6 Å². The lowest BCUT2D eigenvalue weighted by Gasteiger charge is -2.08. The lowest BCUT2D eigenvalue weighted by molar-refractivity contribution is 0.102. The number of rotatable bonds is 4. The van der Waals surface area contributed by atoms with Gasteiger partial charge in [-0.2, -0.15) is 0 Å². The summed E-state index contributed by atoms with van der Waals surface area (Å²) in [5, 5.41) is 6.89. The van der Waals surface area contributed by atoms with Crippen LogP contribution in [0.1, 0.15) is 22.3 Å². The molecule has 0 spiro atoms.